The van der Waals surface area contributed by atoms with E-state index in [9.17, 15) is 13.6 Å². The Balaban J connectivity index is 1.61. The molecule has 1 aromatic carbocycles. The molecule has 9 heteroatoms. The molecule has 3 aromatic rings. The van der Waals surface area contributed by atoms with Gasteiger partial charge in [0, 0.05) is 24.2 Å². The third-order valence-corrected chi connectivity index (χ3v) is 4.01. The highest BCUT2D eigenvalue weighted by molar-refractivity contribution is 5.91. The van der Waals surface area contributed by atoms with E-state index in [1.54, 1.807) is 12.3 Å². The Hall–Kier alpha value is -3.07. The Labute approximate surface area is 154 Å². The van der Waals surface area contributed by atoms with E-state index in [1.165, 1.54) is 0 Å². The topological polar surface area (TPSA) is 94.7 Å². The number of pyridine rings is 1. The molecule has 3 rings (SSSR count). The molecule has 1 atom stereocenters. The minimum Gasteiger partial charge on any atom is -0.331 e. The third kappa shape index (κ3) is 4.98. The summed E-state index contributed by atoms with van der Waals surface area (Å²) in [7, 11) is 0. The molecule has 0 bridgehead atoms. The second kappa shape index (κ2) is 8.54. The summed E-state index contributed by atoms with van der Waals surface area (Å²) in [5.74, 6) is 0.357. The van der Waals surface area contributed by atoms with Gasteiger partial charge in [-0.1, -0.05) is 30.3 Å². The largest absolute Gasteiger partial charge is 0.331 e. The van der Waals surface area contributed by atoms with E-state index < -0.39 is 13.0 Å². The highest BCUT2D eigenvalue weighted by Gasteiger charge is 2.12. The van der Waals surface area contributed by atoms with Gasteiger partial charge in [0.25, 0.3) is 6.43 Å². The van der Waals surface area contributed by atoms with Crippen LogP contribution in [0.4, 0.5) is 19.4 Å². The molecule has 0 aliphatic heterocycles. The third-order valence-electron chi connectivity index (χ3n) is 4.01. The molecule has 27 heavy (non-hydrogen) atoms. The first-order chi connectivity index (χ1) is 13.0. The smallest absolute Gasteiger partial charge is 0.320 e. The number of aromatic amines is 1. The van der Waals surface area contributed by atoms with Gasteiger partial charge in [-0.2, -0.15) is 5.10 Å². The number of H-pyrrole nitrogens is 1. The van der Waals surface area contributed by atoms with E-state index in [0.717, 1.165) is 5.56 Å². The Kier molecular flexibility index (Phi) is 5.92. The second-order valence-electron chi connectivity index (χ2n) is 6.04. The maximum Gasteiger partial charge on any atom is 0.320 e. The number of benzene rings is 1. The van der Waals surface area contributed by atoms with Gasteiger partial charge in [0.1, 0.15) is 5.82 Å². The number of alkyl halides is 2. The van der Waals surface area contributed by atoms with Crippen molar-refractivity contribution in [3.8, 4) is 0 Å². The van der Waals surface area contributed by atoms with Gasteiger partial charge in [-0.25, -0.2) is 18.6 Å². The highest BCUT2D eigenvalue weighted by atomic mass is 19.3. The summed E-state index contributed by atoms with van der Waals surface area (Å²) in [5, 5.41) is 15.8. The standard InChI is InChI=1S/C18H20F2N6O/c1-11(12-5-3-2-4-6-12)23-18(27)24-17-7-14-13(8-22-17)15(26-25-14)9-21-10-16(19)20/h2-8,11,16,21H,9-10H2,1H3,(H,25,26)(H2,22,23,24,27)/t11-/m1/s1. The van der Waals surface area contributed by atoms with Crippen molar-refractivity contribution in [3.05, 3.63) is 53.9 Å². The average molecular weight is 374 g/mol. The van der Waals surface area contributed by atoms with Gasteiger partial charge in [-0.15, -0.1) is 0 Å². The maximum absolute atomic E-state index is 12.2. The highest BCUT2D eigenvalue weighted by Crippen LogP contribution is 2.18. The molecule has 7 nitrogen and oxygen atoms in total. The molecule has 0 aliphatic carbocycles. The number of amides is 2. The van der Waals surface area contributed by atoms with Crippen LogP contribution >= 0.6 is 0 Å². The number of anilines is 1. The van der Waals surface area contributed by atoms with Crippen LogP contribution in [0.1, 0.15) is 24.2 Å². The first kappa shape index (κ1) is 18.7. The van der Waals surface area contributed by atoms with Gasteiger partial charge in [-0.05, 0) is 12.5 Å². The molecule has 2 amide bonds. The van der Waals surface area contributed by atoms with Gasteiger partial charge in [0.2, 0.25) is 0 Å². The lowest BCUT2D eigenvalue weighted by Crippen LogP contribution is -2.31. The summed E-state index contributed by atoms with van der Waals surface area (Å²) in [4.78, 5) is 16.4. The molecule has 0 aliphatic rings. The number of nitrogens with zero attached hydrogens (tertiary/aromatic N) is 2. The monoisotopic (exact) mass is 374 g/mol. The molecular weight excluding hydrogens is 354 g/mol. The molecule has 4 N–H and O–H groups in total. The number of hydrogen-bond acceptors (Lipinski definition) is 4. The number of carbonyl (C=O) groups excluding carboxylic acids is 1. The van der Waals surface area contributed by atoms with Gasteiger partial charge < -0.3 is 10.6 Å². The zero-order valence-electron chi connectivity index (χ0n) is 14.7. The molecule has 2 heterocycles. The molecule has 0 fully saturated rings. The van der Waals surface area contributed by atoms with Crippen LogP contribution in [0.2, 0.25) is 0 Å². The minimum absolute atomic E-state index is 0.158. The van der Waals surface area contributed by atoms with E-state index in [0.29, 0.717) is 22.4 Å². The van der Waals surface area contributed by atoms with Crippen molar-refractivity contribution in [3.63, 3.8) is 0 Å². The maximum atomic E-state index is 12.2. The van der Waals surface area contributed by atoms with Crippen molar-refractivity contribution >= 4 is 22.8 Å². The fourth-order valence-corrected chi connectivity index (χ4v) is 2.64. The van der Waals surface area contributed by atoms with Crippen molar-refractivity contribution < 1.29 is 13.6 Å². The first-order valence-electron chi connectivity index (χ1n) is 8.47. The summed E-state index contributed by atoms with van der Waals surface area (Å²) < 4.78 is 24.4. The Morgan fingerprint density at radius 3 is 2.78 bits per heavy atom. The minimum atomic E-state index is -2.42. The normalized spacial score (nSPS) is 12.3. The van der Waals surface area contributed by atoms with Crippen molar-refractivity contribution in [2.24, 2.45) is 0 Å². The van der Waals surface area contributed by atoms with Gasteiger partial charge in [-0.3, -0.25) is 10.4 Å². The molecule has 142 valence electrons. The molecule has 0 saturated carbocycles. The predicted octanol–water partition coefficient (Wildman–Crippen LogP) is 3.20. The fraction of sp³-hybridized carbons (Fsp3) is 0.278. The molecule has 0 unspecified atom stereocenters. The second-order valence-corrected chi connectivity index (χ2v) is 6.04. The van der Waals surface area contributed by atoms with E-state index in [4.69, 9.17) is 0 Å². The summed E-state index contributed by atoms with van der Waals surface area (Å²) >= 11 is 0. The Morgan fingerprint density at radius 2 is 2.04 bits per heavy atom. The lowest BCUT2D eigenvalue weighted by molar-refractivity contribution is 0.145. The first-order valence-corrected chi connectivity index (χ1v) is 8.47. The van der Waals surface area contributed by atoms with E-state index in [-0.39, 0.29) is 18.6 Å². The zero-order valence-corrected chi connectivity index (χ0v) is 14.7. The SMILES string of the molecule is C[C@@H](NC(=O)Nc1cc2[nH]nc(CNCC(F)F)c2cn1)c1ccccc1. The lowest BCUT2D eigenvalue weighted by Gasteiger charge is -2.14. The quantitative estimate of drug-likeness (QED) is 0.511. The Bertz CT molecular complexity index is 899. The summed E-state index contributed by atoms with van der Waals surface area (Å²) in [6.45, 7) is 1.69. The number of nitrogens with one attached hydrogen (secondary N) is 4. The summed E-state index contributed by atoms with van der Waals surface area (Å²) in [6.07, 6.45) is -0.866. The number of aromatic nitrogens is 3. The van der Waals surface area contributed by atoms with Gasteiger partial charge in [0.05, 0.1) is 23.8 Å². The zero-order chi connectivity index (χ0) is 19.2. The molecule has 0 saturated heterocycles. The fourth-order valence-electron chi connectivity index (χ4n) is 2.64. The Morgan fingerprint density at radius 1 is 1.26 bits per heavy atom. The van der Waals surface area contributed by atoms with Crippen molar-refractivity contribution in [2.45, 2.75) is 25.9 Å². The van der Waals surface area contributed by atoms with Crippen LogP contribution in [-0.4, -0.2) is 34.2 Å². The van der Waals surface area contributed by atoms with Crippen molar-refractivity contribution in [1.82, 2.24) is 25.8 Å². The average Bonchev–Trinajstić information content (AvgIpc) is 3.04. The lowest BCUT2D eigenvalue weighted by atomic mass is 10.1. The number of urea groups is 1. The van der Waals surface area contributed by atoms with Crippen LogP contribution in [0.25, 0.3) is 10.9 Å². The van der Waals surface area contributed by atoms with Crippen molar-refractivity contribution in [2.75, 3.05) is 11.9 Å². The van der Waals surface area contributed by atoms with Crippen LogP contribution in [0.3, 0.4) is 0 Å². The van der Waals surface area contributed by atoms with E-state index in [1.807, 2.05) is 37.3 Å². The number of hydrogen-bond donors (Lipinski definition) is 4. The molecular formula is C18H20F2N6O. The van der Waals surface area contributed by atoms with Crippen LogP contribution in [-0.2, 0) is 6.54 Å². The number of rotatable bonds is 7. The van der Waals surface area contributed by atoms with Crippen LogP contribution in [0.15, 0.2) is 42.6 Å². The van der Waals surface area contributed by atoms with Gasteiger partial charge >= 0.3 is 6.03 Å². The molecule has 0 spiro atoms. The number of carbonyl (C=O) groups is 1. The molecule has 0 radical (unpaired) electrons. The number of fused-ring (bicyclic) bond motifs is 1. The van der Waals surface area contributed by atoms with Crippen LogP contribution in [0.5, 0.6) is 0 Å². The van der Waals surface area contributed by atoms with Gasteiger partial charge in [0.15, 0.2) is 0 Å². The summed E-state index contributed by atoms with van der Waals surface area (Å²) in [5.41, 5.74) is 2.24. The predicted molar refractivity (Wildman–Crippen MR) is 98.6 cm³/mol. The van der Waals surface area contributed by atoms with Crippen molar-refractivity contribution in [1.29, 1.82) is 0 Å². The van der Waals surface area contributed by atoms with E-state index in [2.05, 4.69) is 31.1 Å². The number of halogens is 2. The van der Waals surface area contributed by atoms with Crippen LogP contribution < -0.4 is 16.0 Å². The van der Waals surface area contributed by atoms with E-state index >= 15 is 0 Å². The summed E-state index contributed by atoms with van der Waals surface area (Å²) in [6, 6.07) is 10.7. The molecule has 2 aromatic heterocycles. The van der Waals surface area contributed by atoms with Crippen LogP contribution in [0, 0.1) is 0 Å².